The Labute approximate surface area is 140 Å². The van der Waals surface area contributed by atoms with E-state index in [9.17, 15) is 4.79 Å². The fraction of sp³-hybridized carbons (Fsp3) is 0.588. The van der Waals surface area contributed by atoms with Crippen molar-refractivity contribution < 1.29 is 4.79 Å². The first-order chi connectivity index (χ1) is 11.2. The molecule has 2 aromatic heterocycles. The van der Waals surface area contributed by atoms with Crippen molar-refractivity contribution in [2.75, 3.05) is 13.1 Å². The van der Waals surface area contributed by atoms with Gasteiger partial charge in [-0.2, -0.15) is 0 Å². The van der Waals surface area contributed by atoms with Gasteiger partial charge in [0.05, 0.1) is 4.88 Å². The van der Waals surface area contributed by atoms with Crippen molar-refractivity contribution in [2.24, 2.45) is 5.92 Å². The maximum atomic E-state index is 12.8. The number of thiophene rings is 1. The molecule has 0 aromatic carbocycles. The second-order valence-electron chi connectivity index (χ2n) is 6.84. The van der Waals surface area contributed by atoms with Crippen LogP contribution in [0.25, 0.3) is 0 Å². The van der Waals surface area contributed by atoms with Crippen molar-refractivity contribution in [1.82, 2.24) is 19.7 Å². The number of nitrogens with zero attached hydrogens (tertiary/aromatic N) is 4. The van der Waals surface area contributed by atoms with Gasteiger partial charge in [-0.3, -0.25) is 4.79 Å². The summed E-state index contributed by atoms with van der Waals surface area (Å²) < 4.78 is 2.06. The van der Waals surface area contributed by atoms with Gasteiger partial charge in [-0.05, 0) is 49.7 Å². The Morgan fingerprint density at radius 1 is 1.22 bits per heavy atom. The highest BCUT2D eigenvalue weighted by Gasteiger charge is 2.27. The molecule has 1 aliphatic carbocycles. The Bertz CT molecular complexity index is 686. The highest BCUT2D eigenvalue weighted by molar-refractivity contribution is 7.14. The molecule has 0 N–H and O–H groups in total. The lowest BCUT2D eigenvalue weighted by Crippen LogP contribution is -2.38. The number of fused-ring (bicyclic) bond motifs is 1. The summed E-state index contributed by atoms with van der Waals surface area (Å²) in [5.74, 6) is 0.971. The molecule has 0 spiro atoms. The first kappa shape index (κ1) is 14.9. The average molecular weight is 330 g/mol. The number of aromatic nitrogens is 3. The minimum atomic E-state index is 0.222. The highest BCUT2D eigenvalue weighted by Crippen LogP contribution is 2.33. The van der Waals surface area contributed by atoms with Crippen LogP contribution in [0.4, 0.5) is 0 Å². The lowest BCUT2D eigenvalue weighted by molar-refractivity contribution is 0.0699. The molecule has 1 amide bonds. The predicted octanol–water partition coefficient (Wildman–Crippen LogP) is 2.94. The summed E-state index contributed by atoms with van der Waals surface area (Å²) >= 11 is 1.72. The van der Waals surface area contributed by atoms with Crippen molar-refractivity contribution in [3.8, 4) is 0 Å². The Kier molecular flexibility index (Phi) is 3.93. The molecule has 6 heteroatoms. The molecule has 2 aliphatic rings. The Morgan fingerprint density at radius 3 is 2.70 bits per heavy atom. The smallest absolute Gasteiger partial charge is 0.263 e. The van der Waals surface area contributed by atoms with Crippen molar-refractivity contribution in [1.29, 1.82) is 0 Å². The zero-order valence-corrected chi connectivity index (χ0v) is 14.3. The largest absolute Gasteiger partial charge is 0.338 e. The lowest BCUT2D eigenvalue weighted by Gasteiger charge is -2.32. The van der Waals surface area contributed by atoms with Crippen LogP contribution in [-0.2, 0) is 12.8 Å². The maximum absolute atomic E-state index is 12.8. The average Bonchev–Trinajstić information content (AvgIpc) is 3.23. The van der Waals surface area contributed by atoms with Crippen LogP contribution in [-0.4, -0.2) is 38.7 Å². The third kappa shape index (κ3) is 2.92. The number of hydrogen-bond acceptors (Lipinski definition) is 4. The Morgan fingerprint density at radius 2 is 1.96 bits per heavy atom. The highest BCUT2D eigenvalue weighted by atomic mass is 32.1. The number of carbonyl (C=O) groups is 1. The van der Waals surface area contributed by atoms with E-state index < -0.39 is 0 Å². The molecule has 2 aromatic rings. The lowest BCUT2D eigenvalue weighted by atomic mass is 9.90. The summed E-state index contributed by atoms with van der Waals surface area (Å²) in [5, 5.41) is 7.75. The van der Waals surface area contributed by atoms with Gasteiger partial charge < -0.3 is 9.47 Å². The van der Waals surface area contributed by atoms with E-state index in [1.165, 1.54) is 16.9 Å². The number of rotatable bonds is 2. The van der Waals surface area contributed by atoms with E-state index in [1.807, 2.05) is 4.90 Å². The third-order valence-corrected chi connectivity index (χ3v) is 6.38. The van der Waals surface area contributed by atoms with Crippen molar-refractivity contribution in [3.05, 3.63) is 34.0 Å². The second kappa shape index (κ2) is 6.07. The molecule has 4 rings (SSSR count). The Balaban J connectivity index is 1.42. The van der Waals surface area contributed by atoms with Gasteiger partial charge >= 0.3 is 0 Å². The second-order valence-corrected chi connectivity index (χ2v) is 7.98. The van der Waals surface area contributed by atoms with Crippen molar-refractivity contribution >= 4 is 17.2 Å². The summed E-state index contributed by atoms with van der Waals surface area (Å²) in [6, 6.07) is 2.58. The van der Waals surface area contributed by atoms with Crippen LogP contribution in [0.3, 0.4) is 0 Å². The number of amides is 1. The number of hydrogen-bond donors (Lipinski definition) is 0. The molecule has 5 nitrogen and oxygen atoms in total. The van der Waals surface area contributed by atoms with Gasteiger partial charge in [0.15, 0.2) is 0 Å². The number of carbonyl (C=O) groups excluding carboxylic acids is 1. The molecule has 23 heavy (non-hydrogen) atoms. The molecule has 0 bridgehead atoms. The minimum Gasteiger partial charge on any atom is -0.338 e. The van der Waals surface area contributed by atoms with Gasteiger partial charge in [0.25, 0.3) is 5.91 Å². The van der Waals surface area contributed by atoms with Crippen LogP contribution in [0.1, 0.15) is 52.3 Å². The van der Waals surface area contributed by atoms with Crippen molar-refractivity contribution in [2.45, 2.75) is 45.1 Å². The van der Waals surface area contributed by atoms with Gasteiger partial charge in [0.1, 0.15) is 12.7 Å². The molecule has 0 radical (unpaired) electrons. The fourth-order valence-corrected chi connectivity index (χ4v) is 4.91. The van der Waals surface area contributed by atoms with E-state index in [0.29, 0.717) is 6.04 Å². The van der Waals surface area contributed by atoms with Crippen LogP contribution >= 0.6 is 11.3 Å². The van der Waals surface area contributed by atoms with Gasteiger partial charge in [0, 0.05) is 24.0 Å². The van der Waals surface area contributed by atoms with Gasteiger partial charge in [-0.15, -0.1) is 21.5 Å². The summed E-state index contributed by atoms with van der Waals surface area (Å²) in [4.78, 5) is 17.2. The van der Waals surface area contributed by atoms with Crippen molar-refractivity contribution in [3.63, 3.8) is 0 Å². The molecule has 0 saturated carbocycles. The Hall–Kier alpha value is -1.69. The number of piperidine rings is 1. The molecule has 1 fully saturated rings. The molecular formula is C17H22N4OS. The fourth-order valence-electron chi connectivity index (χ4n) is 3.73. The molecule has 1 aliphatic heterocycles. The quantitative estimate of drug-likeness (QED) is 0.851. The molecule has 1 atom stereocenters. The molecule has 122 valence electrons. The van der Waals surface area contributed by atoms with E-state index in [2.05, 4.69) is 27.8 Å². The summed E-state index contributed by atoms with van der Waals surface area (Å²) in [5.41, 5.74) is 1.41. The van der Waals surface area contributed by atoms with Crippen LogP contribution < -0.4 is 0 Å². The van der Waals surface area contributed by atoms with Crippen LogP contribution in [0.2, 0.25) is 0 Å². The van der Waals surface area contributed by atoms with E-state index >= 15 is 0 Å². The first-order valence-electron chi connectivity index (χ1n) is 8.45. The van der Waals surface area contributed by atoms with E-state index in [1.54, 1.807) is 24.0 Å². The SMILES string of the molecule is C[C@H]1CCc2sc(C(=O)N3CCC(n4cnnc4)CC3)cc2C1. The van der Waals surface area contributed by atoms with Gasteiger partial charge in [0.2, 0.25) is 0 Å². The minimum absolute atomic E-state index is 0.222. The first-order valence-corrected chi connectivity index (χ1v) is 9.27. The van der Waals surface area contributed by atoms with E-state index in [-0.39, 0.29) is 5.91 Å². The maximum Gasteiger partial charge on any atom is 0.263 e. The normalized spacial score (nSPS) is 22.1. The molecule has 3 heterocycles. The summed E-state index contributed by atoms with van der Waals surface area (Å²) in [7, 11) is 0. The van der Waals surface area contributed by atoms with Gasteiger partial charge in [-0.1, -0.05) is 6.92 Å². The standard InChI is InChI=1S/C17H22N4OS/c1-12-2-3-15-13(8-12)9-16(23-15)17(22)20-6-4-14(5-7-20)21-10-18-19-11-21/h9-12,14H,2-8H2,1H3/t12-/m0/s1. The topological polar surface area (TPSA) is 51.0 Å². The third-order valence-electron chi connectivity index (χ3n) is 5.15. The van der Waals surface area contributed by atoms with E-state index in [0.717, 1.165) is 49.6 Å². The summed E-state index contributed by atoms with van der Waals surface area (Å²) in [6.07, 6.45) is 9.04. The zero-order chi connectivity index (χ0) is 15.8. The van der Waals surface area contributed by atoms with Crippen LogP contribution in [0.5, 0.6) is 0 Å². The number of likely N-dealkylation sites (tertiary alicyclic amines) is 1. The van der Waals surface area contributed by atoms with E-state index in [4.69, 9.17) is 0 Å². The number of aryl methyl sites for hydroxylation is 1. The molecule has 1 saturated heterocycles. The predicted molar refractivity (Wildman–Crippen MR) is 89.7 cm³/mol. The summed E-state index contributed by atoms with van der Waals surface area (Å²) in [6.45, 7) is 3.94. The molecule has 0 unspecified atom stereocenters. The van der Waals surface area contributed by atoms with Gasteiger partial charge in [-0.25, -0.2) is 0 Å². The molecular weight excluding hydrogens is 308 g/mol. The van der Waals surface area contributed by atoms with Crippen LogP contribution in [0.15, 0.2) is 18.7 Å². The zero-order valence-electron chi connectivity index (χ0n) is 13.4. The van der Waals surface area contributed by atoms with Crippen LogP contribution in [0, 0.1) is 5.92 Å². The monoisotopic (exact) mass is 330 g/mol.